The molecule has 0 amide bonds. The van der Waals surface area contributed by atoms with Crippen LogP contribution >= 0.6 is 22.6 Å². The van der Waals surface area contributed by atoms with Gasteiger partial charge in [-0.3, -0.25) is 28.4 Å². The van der Waals surface area contributed by atoms with Gasteiger partial charge in [-0.1, -0.05) is 6.07 Å². The van der Waals surface area contributed by atoms with Gasteiger partial charge in [0.1, 0.15) is 21.8 Å². The minimum absolute atomic E-state index is 0.0158. The molecule has 4 aromatic rings. The van der Waals surface area contributed by atoms with E-state index >= 15 is 0 Å². The van der Waals surface area contributed by atoms with Gasteiger partial charge >= 0.3 is 5.69 Å². The van der Waals surface area contributed by atoms with E-state index in [4.69, 9.17) is 0 Å². The molecular formula is C25H23FIN5O6S. The molecule has 1 saturated carbocycles. The first-order chi connectivity index (χ1) is 18.4. The smallest absolute Gasteiger partial charge is 0.333 e. The lowest BCUT2D eigenvalue weighted by molar-refractivity contribution is 0.284. The van der Waals surface area contributed by atoms with Crippen LogP contribution in [0.2, 0.25) is 0 Å². The van der Waals surface area contributed by atoms with Gasteiger partial charge in [-0.05, 0) is 78.8 Å². The van der Waals surface area contributed by atoms with Crippen LogP contribution in [0.15, 0.2) is 56.8 Å². The van der Waals surface area contributed by atoms with Gasteiger partial charge in [-0.2, -0.15) is 0 Å². The minimum atomic E-state index is -3.92. The Hall–Kier alpha value is -3.50. The maximum Gasteiger partial charge on any atom is 0.333 e. The number of rotatable bonds is 7. The second-order valence-electron chi connectivity index (χ2n) is 9.40. The van der Waals surface area contributed by atoms with E-state index in [0.29, 0.717) is 16.4 Å². The van der Waals surface area contributed by atoms with E-state index in [1.54, 1.807) is 6.07 Å². The lowest BCUT2D eigenvalue weighted by Gasteiger charge is -2.19. The van der Waals surface area contributed by atoms with Crippen LogP contribution in [0.5, 0.6) is 0 Å². The second-order valence-corrected chi connectivity index (χ2v) is 12.7. The van der Waals surface area contributed by atoms with Gasteiger partial charge in [-0.25, -0.2) is 17.6 Å². The first-order valence-corrected chi connectivity index (χ1v) is 14.3. The van der Waals surface area contributed by atoms with Crippen molar-refractivity contribution in [1.29, 1.82) is 0 Å². The molecule has 1 aliphatic rings. The summed E-state index contributed by atoms with van der Waals surface area (Å²) in [5, 5.41) is 12.3. The first-order valence-electron chi connectivity index (χ1n) is 11.7. The number of sulfonamides is 1. The highest BCUT2D eigenvalue weighted by Gasteiger charge is 2.54. The summed E-state index contributed by atoms with van der Waals surface area (Å²) in [5.41, 5.74) is -1.83. The van der Waals surface area contributed by atoms with E-state index in [9.17, 15) is 32.3 Å². The Morgan fingerprint density at radius 1 is 1.15 bits per heavy atom. The number of pyridine rings is 1. The minimum Gasteiger partial charge on any atom is -0.395 e. The highest BCUT2D eigenvalue weighted by Crippen LogP contribution is 2.43. The molecule has 0 aliphatic heterocycles. The highest BCUT2D eigenvalue weighted by atomic mass is 127. The third-order valence-electron chi connectivity index (χ3n) is 6.87. The molecular weight excluding hydrogens is 644 g/mol. The van der Waals surface area contributed by atoms with Crippen LogP contribution in [0.3, 0.4) is 0 Å². The van der Waals surface area contributed by atoms with Gasteiger partial charge < -0.3 is 10.4 Å². The summed E-state index contributed by atoms with van der Waals surface area (Å²) in [6.45, 7) is 0.936. The number of fused-ring (bicyclic) bond motifs is 1. The van der Waals surface area contributed by atoms with E-state index in [1.807, 2.05) is 22.6 Å². The average Bonchev–Trinajstić information content (AvgIpc) is 3.69. The molecule has 4 N–H and O–H groups in total. The number of benzene rings is 2. The summed E-state index contributed by atoms with van der Waals surface area (Å²) in [5.74, 6) is -0.643. The van der Waals surface area contributed by atoms with Gasteiger partial charge in [0.05, 0.1) is 29.2 Å². The van der Waals surface area contributed by atoms with Crippen molar-refractivity contribution in [3.8, 4) is 5.69 Å². The van der Waals surface area contributed by atoms with Crippen molar-refractivity contribution in [2.45, 2.75) is 24.5 Å². The fourth-order valence-corrected chi connectivity index (χ4v) is 6.38. The van der Waals surface area contributed by atoms with Gasteiger partial charge in [0.25, 0.3) is 11.1 Å². The Morgan fingerprint density at radius 2 is 1.87 bits per heavy atom. The van der Waals surface area contributed by atoms with Crippen LogP contribution in [0, 0.1) is 16.3 Å². The van der Waals surface area contributed by atoms with Crippen molar-refractivity contribution in [2.24, 2.45) is 7.05 Å². The molecule has 1 fully saturated rings. The molecule has 39 heavy (non-hydrogen) atoms. The van der Waals surface area contributed by atoms with Crippen LogP contribution in [-0.2, 0) is 17.1 Å². The number of aromatic nitrogens is 3. The SMILES string of the molecule is Cc1c(=O)n(C)c(Nc2ccc(I)cc2F)c2c(=O)[nH]c(=O)n(-c3cccc(NS(=O)(=O)C4(CO)CC4)c3)c12. The molecule has 1 aliphatic carbocycles. The fourth-order valence-electron chi connectivity index (χ4n) is 4.47. The zero-order valence-electron chi connectivity index (χ0n) is 20.7. The first kappa shape index (κ1) is 27.1. The van der Waals surface area contributed by atoms with Gasteiger partial charge in [0.15, 0.2) is 0 Å². The average molecular weight is 667 g/mol. The summed E-state index contributed by atoms with van der Waals surface area (Å²) < 4.78 is 44.4. The predicted octanol–water partition coefficient (Wildman–Crippen LogP) is 2.44. The second kappa shape index (κ2) is 9.60. The monoisotopic (exact) mass is 667 g/mol. The number of anilines is 3. The molecule has 0 saturated heterocycles. The Kier molecular flexibility index (Phi) is 6.67. The molecule has 2 aromatic carbocycles. The topological polar surface area (TPSA) is 155 Å². The van der Waals surface area contributed by atoms with Crippen LogP contribution in [0.1, 0.15) is 18.4 Å². The molecule has 5 rings (SSSR count). The molecule has 2 aromatic heterocycles. The van der Waals surface area contributed by atoms with Crippen LogP contribution < -0.4 is 26.8 Å². The Morgan fingerprint density at radius 3 is 2.51 bits per heavy atom. The molecule has 0 spiro atoms. The Labute approximate surface area is 234 Å². The fraction of sp³-hybridized carbons (Fsp3) is 0.240. The molecule has 0 bridgehead atoms. The quantitative estimate of drug-likeness (QED) is 0.221. The van der Waals surface area contributed by atoms with E-state index in [1.165, 1.54) is 50.4 Å². The number of hydrogen-bond donors (Lipinski definition) is 4. The Bertz CT molecular complexity index is 1950. The molecule has 2 heterocycles. The Balaban J connectivity index is 1.73. The number of halogens is 2. The number of aryl methyl sites for hydroxylation is 1. The van der Waals surface area contributed by atoms with E-state index in [2.05, 4.69) is 15.0 Å². The van der Waals surface area contributed by atoms with Crippen molar-refractivity contribution in [3.05, 3.63) is 88.6 Å². The van der Waals surface area contributed by atoms with E-state index in [-0.39, 0.29) is 39.3 Å². The third-order valence-corrected chi connectivity index (χ3v) is 9.72. The van der Waals surface area contributed by atoms with E-state index in [0.717, 1.165) is 9.13 Å². The summed E-state index contributed by atoms with van der Waals surface area (Å²) in [7, 11) is -2.51. The summed E-state index contributed by atoms with van der Waals surface area (Å²) >= 11 is 1.95. The molecule has 0 radical (unpaired) electrons. The van der Waals surface area contributed by atoms with Crippen LogP contribution in [0.4, 0.5) is 21.6 Å². The van der Waals surface area contributed by atoms with Crippen molar-refractivity contribution in [2.75, 3.05) is 16.6 Å². The number of aromatic amines is 1. The highest BCUT2D eigenvalue weighted by molar-refractivity contribution is 14.1. The summed E-state index contributed by atoms with van der Waals surface area (Å²) in [6, 6.07) is 10.3. The predicted molar refractivity (Wildman–Crippen MR) is 154 cm³/mol. The standard InChI is InChI=1S/C25H23FIN5O6S/c1-13-20-19(21(31(2)23(13)35)28-18-7-6-14(27)10-17(18)26)22(34)29-24(36)32(20)16-5-3-4-15(11-16)30-39(37,38)25(12-33)8-9-25/h3-7,10-11,28,30,33H,8-9,12H2,1-2H3,(H,29,34,36). The van der Waals surface area contributed by atoms with Gasteiger partial charge in [0, 0.05) is 16.2 Å². The molecule has 204 valence electrons. The third kappa shape index (κ3) is 4.55. The maximum atomic E-state index is 14.7. The van der Waals surface area contributed by atoms with Crippen molar-refractivity contribution >= 4 is 60.7 Å². The summed E-state index contributed by atoms with van der Waals surface area (Å²) in [4.78, 5) is 41.7. The zero-order valence-corrected chi connectivity index (χ0v) is 23.7. The van der Waals surface area contributed by atoms with Crippen molar-refractivity contribution in [3.63, 3.8) is 0 Å². The molecule has 11 nitrogen and oxygen atoms in total. The van der Waals surface area contributed by atoms with Gasteiger partial charge in [0.2, 0.25) is 10.0 Å². The maximum absolute atomic E-state index is 14.7. The zero-order chi connectivity index (χ0) is 28.3. The number of hydrogen-bond acceptors (Lipinski definition) is 7. The molecule has 14 heteroatoms. The number of nitrogens with one attached hydrogen (secondary N) is 3. The number of aliphatic hydroxyl groups excluding tert-OH is 1. The van der Waals surface area contributed by atoms with Crippen LogP contribution in [-0.4, -0.2) is 39.0 Å². The van der Waals surface area contributed by atoms with Crippen molar-refractivity contribution < 1.29 is 17.9 Å². The lowest BCUT2D eigenvalue weighted by Crippen LogP contribution is -2.34. The molecule has 0 unspecified atom stereocenters. The lowest BCUT2D eigenvalue weighted by atomic mass is 10.1. The number of nitrogens with zero attached hydrogens (tertiary/aromatic N) is 2. The number of aliphatic hydroxyl groups is 1. The molecule has 0 atom stereocenters. The van der Waals surface area contributed by atoms with Gasteiger partial charge in [-0.15, -0.1) is 0 Å². The van der Waals surface area contributed by atoms with E-state index < -0.39 is 44.0 Å². The summed E-state index contributed by atoms with van der Waals surface area (Å²) in [6.07, 6.45) is 0.643. The largest absolute Gasteiger partial charge is 0.395 e. The van der Waals surface area contributed by atoms with Crippen molar-refractivity contribution in [1.82, 2.24) is 14.1 Å². The van der Waals surface area contributed by atoms with Crippen LogP contribution in [0.25, 0.3) is 16.6 Å². The normalized spacial score (nSPS) is 14.4. The number of H-pyrrole nitrogens is 1.